The van der Waals surface area contributed by atoms with Crippen LogP contribution in [0.3, 0.4) is 0 Å². The third kappa shape index (κ3) is 4.04. The van der Waals surface area contributed by atoms with Crippen molar-refractivity contribution >= 4 is 21.6 Å². The Morgan fingerprint density at radius 2 is 2.03 bits per heavy atom. The number of likely N-dealkylation sites (tertiary alicyclic amines) is 1. The summed E-state index contributed by atoms with van der Waals surface area (Å²) in [5.74, 6) is 0.702. The second kappa shape index (κ2) is 7.84. The fraction of sp³-hybridized carbons (Fsp3) is 0.476. The van der Waals surface area contributed by atoms with Gasteiger partial charge in [0.25, 0.3) is 5.91 Å². The molecule has 0 spiro atoms. The molecule has 1 amide bonds. The highest BCUT2D eigenvalue weighted by Gasteiger charge is 2.33. The summed E-state index contributed by atoms with van der Waals surface area (Å²) in [6.45, 7) is 4.35. The van der Waals surface area contributed by atoms with E-state index < -0.39 is 10.0 Å². The molecular weight excluding hydrogens is 390 g/mol. The first kappa shape index (κ1) is 20.0. The molecule has 1 aromatic heterocycles. The summed E-state index contributed by atoms with van der Waals surface area (Å²) in [6, 6.07) is 8.94. The largest absolute Gasteiger partial charge is 0.468 e. The van der Waals surface area contributed by atoms with Crippen LogP contribution in [0.5, 0.6) is 0 Å². The highest BCUT2D eigenvalue weighted by Crippen LogP contribution is 2.34. The lowest BCUT2D eigenvalue weighted by molar-refractivity contribution is 0.0933. The Morgan fingerprint density at radius 1 is 1.28 bits per heavy atom. The SMILES string of the molecule is C[C@H]1Cc2cc(C(=O)NC[C@H](c3ccco3)N3CCCC3)ccc2N1S(C)(=O)=O. The van der Waals surface area contributed by atoms with Crippen LogP contribution in [0.25, 0.3) is 0 Å². The number of furan rings is 1. The number of anilines is 1. The molecule has 1 saturated heterocycles. The van der Waals surface area contributed by atoms with Crippen LogP contribution in [0, 0.1) is 0 Å². The molecule has 0 saturated carbocycles. The van der Waals surface area contributed by atoms with Gasteiger partial charge in [-0.1, -0.05) is 0 Å². The van der Waals surface area contributed by atoms with Gasteiger partial charge in [-0.15, -0.1) is 0 Å². The van der Waals surface area contributed by atoms with E-state index >= 15 is 0 Å². The van der Waals surface area contributed by atoms with E-state index in [0.29, 0.717) is 24.2 Å². The molecule has 8 heteroatoms. The van der Waals surface area contributed by atoms with Gasteiger partial charge in [0, 0.05) is 18.2 Å². The maximum absolute atomic E-state index is 12.8. The second-order valence-electron chi connectivity index (χ2n) is 7.94. The average Bonchev–Trinajstić information content (AvgIpc) is 3.41. The maximum Gasteiger partial charge on any atom is 0.251 e. The molecule has 2 aliphatic heterocycles. The highest BCUT2D eigenvalue weighted by atomic mass is 32.2. The van der Waals surface area contributed by atoms with Crippen LogP contribution in [0.1, 0.15) is 47.5 Å². The lowest BCUT2D eigenvalue weighted by atomic mass is 10.1. The Kier molecular flexibility index (Phi) is 5.40. The molecule has 156 valence electrons. The van der Waals surface area contributed by atoms with Crippen molar-refractivity contribution in [2.45, 2.75) is 38.3 Å². The molecule has 3 heterocycles. The van der Waals surface area contributed by atoms with Crippen LogP contribution in [0.4, 0.5) is 5.69 Å². The maximum atomic E-state index is 12.8. The molecule has 1 aromatic carbocycles. The Hall–Kier alpha value is -2.32. The van der Waals surface area contributed by atoms with Crippen molar-refractivity contribution in [3.63, 3.8) is 0 Å². The molecule has 2 aromatic rings. The first-order valence-electron chi connectivity index (χ1n) is 10.0. The third-order valence-electron chi connectivity index (χ3n) is 5.76. The number of carbonyl (C=O) groups excluding carboxylic acids is 1. The molecule has 1 fully saturated rings. The lowest BCUT2D eigenvalue weighted by Crippen LogP contribution is -2.36. The summed E-state index contributed by atoms with van der Waals surface area (Å²) in [5.41, 5.74) is 2.10. The normalized spacial score (nSPS) is 20.6. The molecule has 0 radical (unpaired) electrons. The van der Waals surface area contributed by atoms with Crippen molar-refractivity contribution in [2.75, 3.05) is 30.2 Å². The molecule has 0 aliphatic carbocycles. The Balaban J connectivity index is 1.48. The number of rotatable bonds is 6. The fourth-order valence-corrected chi connectivity index (χ4v) is 5.75. The number of carbonyl (C=O) groups is 1. The van der Waals surface area contributed by atoms with E-state index in [9.17, 15) is 13.2 Å². The topological polar surface area (TPSA) is 82.9 Å². The molecule has 2 atom stereocenters. The Morgan fingerprint density at radius 3 is 2.69 bits per heavy atom. The smallest absolute Gasteiger partial charge is 0.251 e. The van der Waals surface area contributed by atoms with Gasteiger partial charge in [0.1, 0.15) is 5.76 Å². The van der Waals surface area contributed by atoms with Crippen LogP contribution < -0.4 is 9.62 Å². The molecule has 0 bridgehead atoms. The first-order chi connectivity index (χ1) is 13.8. The van der Waals surface area contributed by atoms with Gasteiger partial charge in [0.15, 0.2) is 0 Å². The van der Waals surface area contributed by atoms with E-state index in [1.165, 1.54) is 10.6 Å². The van der Waals surface area contributed by atoms with E-state index in [4.69, 9.17) is 4.42 Å². The van der Waals surface area contributed by atoms with Gasteiger partial charge in [0.05, 0.1) is 24.2 Å². The van der Waals surface area contributed by atoms with Crippen molar-refractivity contribution < 1.29 is 17.6 Å². The van der Waals surface area contributed by atoms with Crippen LogP contribution in [-0.4, -0.2) is 51.2 Å². The number of nitrogens with zero attached hydrogens (tertiary/aromatic N) is 2. The summed E-state index contributed by atoms with van der Waals surface area (Å²) in [6.07, 6.45) is 5.80. The molecule has 29 heavy (non-hydrogen) atoms. The van der Waals surface area contributed by atoms with Crippen molar-refractivity contribution in [3.8, 4) is 0 Å². The van der Waals surface area contributed by atoms with Crippen molar-refractivity contribution in [1.29, 1.82) is 0 Å². The minimum atomic E-state index is -3.34. The van der Waals surface area contributed by atoms with Gasteiger partial charge in [-0.25, -0.2) is 8.42 Å². The van der Waals surface area contributed by atoms with E-state index in [0.717, 1.165) is 37.3 Å². The standard InChI is InChI=1S/C21H27N3O4S/c1-15-12-17-13-16(7-8-18(17)24(15)29(2,26)27)21(25)22-14-19(20-6-5-11-28-20)23-9-3-4-10-23/h5-8,11,13,15,19H,3-4,9-10,12,14H2,1-2H3,(H,22,25)/t15-,19+/m0/s1. The number of benzene rings is 1. The molecule has 1 N–H and O–H groups in total. The molecule has 7 nitrogen and oxygen atoms in total. The predicted molar refractivity (Wildman–Crippen MR) is 112 cm³/mol. The number of fused-ring (bicyclic) bond motifs is 1. The van der Waals surface area contributed by atoms with Gasteiger partial charge in [-0.3, -0.25) is 14.0 Å². The number of amides is 1. The zero-order valence-corrected chi connectivity index (χ0v) is 17.6. The Labute approximate surface area is 171 Å². The van der Waals surface area contributed by atoms with Gasteiger partial charge in [-0.05, 0) is 75.2 Å². The number of hydrogen-bond acceptors (Lipinski definition) is 5. The first-order valence-corrected chi connectivity index (χ1v) is 11.9. The summed E-state index contributed by atoms with van der Waals surface area (Å²) in [5, 5.41) is 3.04. The fourth-order valence-electron chi connectivity index (χ4n) is 4.48. The summed E-state index contributed by atoms with van der Waals surface area (Å²) in [7, 11) is -3.34. The molecular formula is C21H27N3O4S. The van der Waals surface area contributed by atoms with Crippen molar-refractivity contribution in [1.82, 2.24) is 10.2 Å². The summed E-state index contributed by atoms with van der Waals surface area (Å²) in [4.78, 5) is 15.1. The van der Waals surface area contributed by atoms with Gasteiger partial charge in [0.2, 0.25) is 10.0 Å². The van der Waals surface area contributed by atoms with E-state index in [-0.39, 0.29) is 18.0 Å². The highest BCUT2D eigenvalue weighted by molar-refractivity contribution is 7.92. The van der Waals surface area contributed by atoms with E-state index in [2.05, 4.69) is 10.2 Å². The summed E-state index contributed by atoms with van der Waals surface area (Å²) >= 11 is 0. The van der Waals surface area contributed by atoms with E-state index in [1.54, 1.807) is 18.4 Å². The molecule has 2 aliphatic rings. The van der Waals surface area contributed by atoms with Crippen LogP contribution in [0.15, 0.2) is 41.0 Å². The summed E-state index contributed by atoms with van der Waals surface area (Å²) < 4.78 is 31.2. The number of hydrogen-bond donors (Lipinski definition) is 1. The lowest BCUT2D eigenvalue weighted by Gasteiger charge is -2.26. The minimum absolute atomic E-state index is 0.0200. The number of nitrogens with one attached hydrogen (secondary N) is 1. The minimum Gasteiger partial charge on any atom is -0.468 e. The second-order valence-corrected chi connectivity index (χ2v) is 9.80. The predicted octanol–water partition coefficient (Wildman–Crippen LogP) is 2.56. The van der Waals surface area contributed by atoms with Gasteiger partial charge in [-0.2, -0.15) is 0 Å². The zero-order valence-electron chi connectivity index (χ0n) is 16.8. The van der Waals surface area contributed by atoms with Crippen LogP contribution in [0.2, 0.25) is 0 Å². The Bertz CT molecular complexity index is 981. The zero-order chi connectivity index (χ0) is 20.6. The van der Waals surface area contributed by atoms with Crippen molar-refractivity contribution in [3.05, 3.63) is 53.5 Å². The average molecular weight is 418 g/mol. The third-order valence-corrected chi connectivity index (χ3v) is 7.03. The monoisotopic (exact) mass is 417 g/mol. The van der Waals surface area contributed by atoms with Crippen molar-refractivity contribution in [2.24, 2.45) is 0 Å². The van der Waals surface area contributed by atoms with Crippen LogP contribution >= 0.6 is 0 Å². The number of sulfonamides is 1. The van der Waals surface area contributed by atoms with Gasteiger partial charge < -0.3 is 9.73 Å². The van der Waals surface area contributed by atoms with E-state index in [1.807, 2.05) is 25.1 Å². The molecule has 0 unspecified atom stereocenters. The quantitative estimate of drug-likeness (QED) is 0.781. The molecule has 4 rings (SSSR count). The van der Waals surface area contributed by atoms with Gasteiger partial charge >= 0.3 is 0 Å². The van der Waals surface area contributed by atoms with Crippen LogP contribution in [-0.2, 0) is 16.4 Å².